The van der Waals surface area contributed by atoms with Crippen LogP contribution in [-0.4, -0.2) is 40.6 Å². The zero-order chi connectivity index (χ0) is 15.4. The second kappa shape index (κ2) is 6.45. The van der Waals surface area contributed by atoms with E-state index in [0.717, 1.165) is 5.69 Å². The molecule has 0 bridgehead atoms. The smallest absolute Gasteiger partial charge is 0.232 e. The molecule has 0 saturated carbocycles. The molecule has 1 unspecified atom stereocenters. The van der Waals surface area contributed by atoms with E-state index in [0.29, 0.717) is 5.69 Å². The van der Waals surface area contributed by atoms with Gasteiger partial charge in [0.25, 0.3) is 0 Å². The standard InChI is InChI=1S/C12H20N2O4S2/c1-4-20(17,18)14-12-7-5-11(6-8-12)13-10(2)9-19(3,15)16/h5-8,10,13-14H,4,9H2,1-3H3. The van der Waals surface area contributed by atoms with Gasteiger partial charge in [-0.25, -0.2) is 16.8 Å². The van der Waals surface area contributed by atoms with Gasteiger partial charge in [-0.05, 0) is 38.1 Å². The first kappa shape index (κ1) is 16.8. The van der Waals surface area contributed by atoms with Gasteiger partial charge in [0.05, 0.1) is 11.5 Å². The number of rotatable bonds is 7. The molecule has 8 heteroatoms. The van der Waals surface area contributed by atoms with Crippen LogP contribution in [0.1, 0.15) is 13.8 Å². The molecular formula is C12H20N2O4S2. The molecule has 0 spiro atoms. The minimum atomic E-state index is -3.28. The largest absolute Gasteiger partial charge is 0.382 e. The minimum absolute atomic E-state index is 0.0123. The highest BCUT2D eigenvalue weighted by molar-refractivity contribution is 7.92. The van der Waals surface area contributed by atoms with Crippen molar-refractivity contribution in [2.75, 3.05) is 27.8 Å². The molecule has 0 aliphatic carbocycles. The van der Waals surface area contributed by atoms with Crippen LogP contribution in [0.2, 0.25) is 0 Å². The molecule has 0 fully saturated rings. The van der Waals surface area contributed by atoms with Crippen LogP contribution in [-0.2, 0) is 19.9 Å². The predicted molar refractivity (Wildman–Crippen MR) is 82.3 cm³/mol. The van der Waals surface area contributed by atoms with Gasteiger partial charge in [-0.2, -0.15) is 0 Å². The Morgan fingerprint density at radius 3 is 2.00 bits per heavy atom. The second-order valence-electron chi connectivity index (χ2n) is 4.72. The summed E-state index contributed by atoms with van der Waals surface area (Å²) < 4.78 is 47.5. The molecule has 1 atom stereocenters. The Bertz CT molecular complexity index is 637. The first-order valence-electron chi connectivity index (χ1n) is 6.16. The van der Waals surface area contributed by atoms with Gasteiger partial charge in [-0.1, -0.05) is 0 Å². The van der Waals surface area contributed by atoms with Crippen molar-refractivity contribution in [3.63, 3.8) is 0 Å². The van der Waals surface area contributed by atoms with Crippen molar-refractivity contribution in [2.45, 2.75) is 19.9 Å². The van der Waals surface area contributed by atoms with E-state index in [-0.39, 0.29) is 17.5 Å². The summed E-state index contributed by atoms with van der Waals surface area (Å²) in [6.45, 7) is 3.33. The van der Waals surface area contributed by atoms with Gasteiger partial charge < -0.3 is 5.32 Å². The lowest BCUT2D eigenvalue weighted by atomic mass is 10.2. The number of sulfonamides is 1. The number of sulfone groups is 1. The summed E-state index contributed by atoms with van der Waals surface area (Å²) in [7, 11) is -6.32. The summed E-state index contributed by atoms with van der Waals surface area (Å²) in [6.07, 6.45) is 1.19. The van der Waals surface area contributed by atoms with Gasteiger partial charge in [0, 0.05) is 23.7 Å². The SMILES string of the molecule is CCS(=O)(=O)Nc1ccc(NC(C)CS(C)(=O)=O)cc1. The van der Waals surface area contributed by atoms with E-state index in [4.69, 9.17) is 0 Å². The summed E-state index contributed by atoms with van der Waals surface area (Å²) in [5.74, 6) is 0.0512. The monoisotopic (exact) mass is 320 g/mol. The summed E-state index contributed by atoms with van der Waals surface area (Å²) in [4.78, 5) is 0. The molecule has 1 aromatic carbocycles. The van der Waals surface area contributed by atoms with E-state index in [2.05, 4.69) is 10.0 Å². The molecule has 20 heavy (non-hydrogen) atoms. The van der Waals surface area contributed by atoms with Crippen LogP contribution in [0.5, 0.6) is 0 Å². The average molecular weight is 320 g/mol. The third-order valence-corrected chi connectivity index (χ3v) is 4.92. The van der Waals surface area contributed by atoms with Crippen molar-refractivity contribution >= 4 is 31.2 Å². The zero-order valence-corrected chi connectivity index (χ0v) is 13.4. The molecule has 0 amide bonds. The Morgan fingerprint density at radius 2 is 1.55 bits per heavy atom. The van der Waals surface area contributed by atoms with E-state index in [1.807, 2.05) is 0 Å². The summed E-state index contributed by atoms with van der Waals surface area (Å²) >= 11 is 0. The molecule has 2 N–H and O–H groups in total. The van der Waals surface area contributed by atoms with Crippen LogP contribution in [0.15, 0.2) is 24.3 Å². The number of hydrogen-bond donors (Lipinski definition) is 2. The molecule has 0 radical (unpaired) electrons. The van der Waals surface area contributed by atoms with Crippen LogP contribution in [0, 0.1) is 0 Å². The fourth-order valence-electron chi connectivity index (χ4n) is 1.67. The highest BCUT2D eigenvalue weighted by Crippen LogP contribution is 2.16. The van der Waals surface area contributed by atoms with Crippen LogP contribution in [0.25, 0.3) is 0 Å². The van der Waals surface area contributed by atoms with Gasteiger partial charge in [0.15, 0.2) is 0 Å². The van der Waals surface area contributed by atoms with Gasteiger partial charge >= 0.3 is 0 Å². The molecular weight excluding hydrogens is 300 g/mol. The summed E-state index contributed by atoms with van der Waals surface area (Å²) in [5, 5.41) is 3.05. The normalized spacial score (nSPS) is 13.8. The predicted octanol–water partition coefficient (Wildman–Crippen LogP) is 1.29. The minimum Gasteiger partial charge on any atom is -0.382 e. The Labute approximate surface area is 120 Å². The summed E-state index contributed by atoms with van der Waals surface area (Å²) in [5.41, 5.74) is 1.22. The lowest BCUT2D eigenvalue weighted by molar-refractivity contribution is 0.597. The van der Waals surface area contributed by atoms with Gasteiger partial charge in [-0.15, -0.1) is 0 Å². The van der Waals surface area contributed by atoms with E-state index >= 15 is 0 Å². The molecule has 0 saturated heterocycles. The molecule has 1 rings (SSSR count). The van der Waals surface area contributed by atoms with Crippen LogP contribution >= 0.6 is 0 Å². The van der Waals surface area contributed by atoms with E-state index in [9.17, 15) is 16.8 Å². The van der Waals surface area contributed by atoms with E-state index in [1.165, 1.54) is 6.26 Å². The Hall–Kier alpha value is -1.28. The van der Waals surface area contributed by atoms with Crippen molar-refractivity contribution in [3.8, 4) is 0 Å². The quantitative estimate of drug-likeness (QED) is 0.790. The lowest BCUT2D eigenvalue weighted by Crippen LogP contribution is -2.24. The maximum atomic E-state index is 11.4. The van der Waals surface area contributed by atoms with Crippen molar-refractivity contribution < 1.29 is 16.8 Å². The van der Waals surface area contributed by atoms with Crippen molar-refractivity contribution in [3.05, 3.63) is 24.3 Å². The van der Waals surface area contributed by atoms with Gasteiger partial charge in [-0.3, -0.25) is 4.72 Å². The van der Waals surface area contributed by atoms with E-state index in [1.54, 1.807) is 38.1 Å². The van der Waals surface area contributed by atoms with Gasteiger partial charge in [0.1, 0.15) is 9.84 Å². The highest BCUT2D eigenvalue weighted by atomic mass is 32.2. The molecule has 6 nitrogen and oxygen atoms in total. The first-order valence-corrected chi connectivity index (χ1v) is 9.87. The van der Waals surface area contributed by atoms with E-state index < -0.39 is 19.9 Å². The Kier molecular flexibility index (Phi) is 5.41. The fourth-order valence-corrected chi connectivity index (χ4v) is 3.30. The van der Waals surface area contributed by atoms with Crippen molar-refractivity contribution in [1.29, 1.82) is 0 Å². The summed E-state index contributed by atoms with van der Waals surface area (Å²) in [6, 6.07) is 6.44. The fraction of sp³-hybridized carbons (Fsp3) is 0.500. The number of benzene rings is 1. The maximum absolute atomic E-state index is 11.4. The number of anilines is 2. The molecule has 1 aromatic rings. The van der Waals surface area contributed by atoms with Crippen molar-refractivity contribution in [1.82, 2.24) is 0 Å². The number of nitrogens with one attached hydrogen (secondary N) is 2. The topological polar surface area (TPSA) is 92.3 Å². The zero-order valence-electron chi connectivity index (χ0n) is 11.8. The first-order chi connectivity index (χ1) is 9.11. The molecule has 0 heterocycles. The third-order valence-electron chi connectivity index (χ3n) is 2.50. The second-order valence-corrected chi connectivity index (χ2v) is 8.92. The van der Waals surface area contributed by atoms with Crippen LogP contribution < -0.4 is 10.0 Å². The maximum Gasteiger partial charge on any atom is 0.232 e. The average Bonchev–Trinajstić information content (AvgIpc) is 2.29. The highest BCUT2D eigenvalue weighted by Gasteiger charge is 2.10. The van der Waals surface area contributed by atoms with Crippen LogP contribution in [0.4, 0.5) is 11.4 Å². The Morgan fingerprint density at radius 1 is 1.05 bits per heavy atom. The molecule has 0 aliphatic heterocycles. The molecule has 0 aliphatic rings. The lowest BCUT2D eigenvalue weighted by Gasteiger charge is -2.14. The van der Waals surface area contributed by atoms with Crippen molar-refractivity contribution in [2.24, 2.45) is 0 Å². The molecule has 0 aromatic heterocycles. The molecule has 114 valence electrons. The van der Waals surface area contributed by atoms with Gasteiger partial charge in [0.2, 0.25) is 10.0 Å². The van der Waals surface area contributed by atoms with Crippen LogP contribution in [0.3, 0.4) is 0 Å². The Balaban J connectivity index is 2.68. The number of hydrogen-bond acceptors (Lipinski definition) is 5. The third kappa shape index (κ3) is 6.25.